The monoisotopic (exact) mass is 317 g/mol. The maximum absolute atomic E-state index is 12.1. The highest BCUT2D eigenvalue weighted by atomic mass is 16.2. The second-order valence-corrected chi connectivity index (χ2v) is 5.57. The molecule has 0 fully saturated rings. The first-order valence-electron chi connectivity index (χ1n) is 7.86. The molecule has 0 aliphatic carbocycles. The van der Waals surface area contributed by atoms with Gasteiger partial charge < -0.3 is 5.32 Å². The summed E-state index contributed by atoms with van der Waals surface area (Å²) in [5.74, 6) is -0.185. The summed E-state index contributed by atoms with van der Waals surface area (Å²) < 4.78 is 0. The van der Waals surface area contributed by atoms with E-state index >= 15 is 0 Å². The average molecular weight is 317 g/mol. The van der Waals surface area contributed by atoms with Crippen LogP contribution in [-0.4, -0.2) is 18.2 Å². The maximum atomic E-state index is 12.1. The van der Waals surface area contributed by atoms with Crippen molar-refractivity contribution in [1.82, 2.24) is 5.43 Å². The normalized spacial score (nSPS) is 12.2. The van der Waals surface area contributed by atoms with Crippen LogP contribution in [-0.2, 0) is 4.79 Å². The van der Waals surface area contributed by atoms with Gasteiger partial charge in [-0.25, -0.2) is 5.43 Å². The van der Waals surface area contributed by atoms with E-state index in [1.54, 1.807) is 6.21 Å². The summed E-state index contributed by atoms with van der Waals surface area (Å²) in [6, 6.07) is 23.4. The SMILES string of the molecule is C[C@H](Nc1ccc2ccccc2c1)C(=O)N/N=C\c1ccccc1. The van der Waals surface area contributed by atoms with E-state index in [9.17, 15) is 4.79 Å². The molecule has 0 radical (unpaired) electrons. The summed E-state index contributed by atoms with van der Waals surface area (Å²) in [5.41, 5.74) is 4.40. The number of hydrogen-bond acceptors (Lipinski definition) is 3. The molecule has 2 N–H and O–H groups in total. The molecule has 0 unspecified atom stereocenters. The Balaban J connectivity index is 1.59. The molecule has 120 valence electrons. The molecular weight excluding hydrogens is 298 g/mol. The lowest BCUT2D eigenvalue weighted by molar-refractivity contribution is -0.121. The fraction of sp³-hybridized carbons (Fsp3) is 0.100. The van der Waals surface area contributed by atoms with Crippen LogP contribution in [0.15, 0.2) is 77.9 Å². The van der Waals surface area contributed by atoms with Crippen LogP contribution in [0.1, 0.15) is 12.5 Å². The molecule has 24 heavy (non-hydrogen) atoms. The minimum absolute atomic E-state index is 0.185. The highest BCUT2D eigenvalue weighted by molar-refractivity contribution is 5.89. The van der Waals surface area contributed by atoms with Crippen molar-refractivity contribution in [1.29, 1.82) is 0 Å². The highest BCUT2D eigenvalue weighted by Gasteiger charge is 2.11. The number of hydrazone groups is 1. The number of anilines is 1. The Morgan fingerprint density at radius 2 is 1.67 bits per heavy atom. The quantitative estimate of drug-likeness (QED) is 0.555. The van der Waals surface area contributed by atoms with Gasteiger partial charge in [-0.05, 0) is 35.4 Å². The van der Waals surface area contributed by atoms with Gasteiger partial charge in [0.05, 0.1) is 6.21 Å². The third kappa shape index (κ3) is 3.98. The summed E-state index contributed by atoms with van der Waals surface area (Å²) in [6.45, 7) is 1.81. The molecule has 4 heteroatoms. The molecule has 0 aliphatic heterocycles. The molecule has 1 atom stereocenters. The first-order valence-corrected chi connectivity index (χ1v) is 7.86. The zero-order valence-corrected chi connectivity index (χ0v) is 13.4. The van der Waals surface area contributed by atoms with Crippen molar-refractivity contribution in [3.05, 3.63) is 78.4 Å². The van der Waals surface area contributed by atoms with Crippen molar-refractivity contribution >= 4 is 28.6 Å². The van der Waals surface area contributed by atoms with Gasteiger partial charge in [-0.3, -0.25) is 4.79 Å². The Bertz CT molecular complexity index is 859. The second-order valence-electron chi connectivity index (χ2n) is 5.57. The van der Waals surface area contributed by atoms with Gasteiger partial charge in [0.25, 0.3) is 5.91 Å². The molecule has 0 spiro atoms. The number of amides is 1. The van der Waals surface area contributed by atoms with Crippen molar-refractivity contribution in [3.63, 3.8) is 0 Å². The third-order valence-electron chi connectivity index (χ3n) is 3.71. The first-order chi connectivity index (χ1) is 11.7. The number of fused-ring (bicyclic) bond motifs is 1. The van der Waals surface area contributed by atoms with Gasteiger partial charge in [0.15, 0.2) is 0 Å². The molecule has 1 amide bonds. The van der Waals surface area contributed by atoms with Gasteiger partial charge in [-0.15, -0.1) is 0 Å². The Kier molecular flexibility index (Phi) is 4.87. The van der Waals surface area contributed by atoms with E-state index in [0.717, 1.165) is 16.6 Å². The molecule has 3 rings (SSSR count). The topological polar surface area (TPSA) is 53.5 Å². The molecule has 4 nitrogen and oxygen atoms in total. The number of carbonyl (C=O) groups is 1. The highest BCUT2D eigenvalue weighted by Crippen LogP contribution is 2.19. The number of hydrogen-bond donors (Lipinski definition) is 2. The van der Waals surface area contributed by atoms with Crippen LogP contribution >= 0.6 is 0 Å². The molecule has 0 bridgehead atoms. The lowest BCUT2D eigenvalue weighted by Crippen LogP contribution is -2.34. The number of carbonyl (C=O) groups excluding carboxylic acids is 1. The van der Waals surface area contributed by atoms with Crippen molar-refractivity contribution < 1.29 is 4.79 Å². The smallest absolute Gasteiger partial charge is 0.262 e. The largest absolute Gasteiger partial charge is 0.374 e. The Hall–Kier alpha value is -3.14. The van der Waals surface area contributed by atoms with Crippen LogP contribution in [0.5, 0.6) is 0 Å². The van der Waals surface area contributed by atoms with Gasteiger partial charge in [-0.1, -0.05) is 60.7 Å². The van der Waals surface area contributed by atoms with Crippen LogP contribution in [0.25, 0.3) is 10.8 Å². The Morgan fingerprint density at radius 3 is 2.46 bits per heavy atom. The lowest BCUT2D eigenvalue weighted by atomic mass is 10.1. The zero-order chi connectivity index (χ0) is 16.8. The summed E-state index contributed by atoms with van der Waals surface area (Å²) >= 11 is 0. The molecule has 0 aliphatic rings. The zero-order valence-electron chi connectivity index (χ0n) is 13.4. The van der Waals surface area contributed by atoms with E-state index in [1.807, 2.05) is 67.6 Å². The molecule has 0 aromatic heterocycles. The lowest BCUT2D eigenvalue weighted by Gasteiger charge is -2.14. The van der Waals surface area contributed by atoms with Crippen LogP contribution in [0, 0.1) is 0 Å². The Labute approximate surface area is 141 Å². The van der Waals surface area contributed by atoms with E-state index in [1.165, 1.54) is 5.39 Å². The fourth-order valence-corrected chi connectivity index (χ4v) is 2.40. The summed E-state index contributed by atoms with van der Waals surface area (Å²) in [5, 5.41) is 9.50. The molecule has 0 saturated heterocycles. The second kappa shape index (κ2) is 7.42. The standard InChI is InChI=1S/C20H19N3O/c1-15(20(24)23-21-14-16-7-3-2-4-8-16)22-19-12-11-17-9-5-6-10-18(17)13-19/h2-15,22H,1H3,(H,23,24)/b21-14-/t15-/m0/s1. The van der Waals surface area contributed by atoms with E-state index in [2.05, 4.69) is 28.0 Å². The van der Waals surface area contributed by atoms with E-state index in [4.69, 9.17) is 0 Å². The fourth-order valence-electron chi connectivity index (χ4n) is 2.40. The first kappa shape index (κ1) is 15.7. The molecular formula is C20H19N3O. The van der Waals surface area contributed by atoms with Gasteiger partial charge >= 0.3 is 0 Å². The number of nitrogens with zero attached hydrogens (tertiary/aromatic N) is 1. The van der Waals surface area contributed by atoms with E-state index in [-0.39, 0.29) is 11.9 Å². The van der Waals surface area contributed by atoms with Crippen LogP contribution in [0.4, 0.5) is 5.69 Å². The van der Waals surface area contributed by atoms with Crippen LogP contribution in [0.2, 0.25) is 0 Å². The van der Waals surface area contributed by atoms with Crippen molar-refractivity contribution in [2.24, 2.45) is 5.10 Å². The predicted octanol–water partition coefficient (Wildman–Crippen LogP) is 3.79. The molecule has 3 aromatic rings. The molecule has 0 heterocycles. The van der Waals surface area contributed by atoms with Gasteiger partial charge in [-0.2, -0.15) is 5.10 Å². The van der Waals surface area contributed by atoms with Crippen molar-refractivity contribution in [3.8, 4) is 0 Å². The summed E-state index contributed by atoms with van der Waals surface area (Å²) in [4.78, 5) is 12.1. The number of rotatable bonds is 5. The van der Waals surface area contributed by atoms with Crippen LogP contribution < -0.4 is 10.7 Å². The predicted molar refractivity (Wildman–Crippen MR) is 99.2 cm³/mol. The van der Waals surface area contributed by atoms with Gasteiger partial charge in [0.2, 0.25) is 0 Å². The minimum Gasteiger partial charge on any atom is -0.374 e. The number of nitrogens with one attached hydrogen (secondary N) is 2. The van der Waals surface area contributed by atoms with E-state index in [0.29, 0.717) is 0 Å². The summed E-state index contributed by atoms with van der Waals surface area (Å²) in [7, 11) is 0. The van der Waals surface area contributed by atoms with E-state index < -0.39 is 0 Å². The van der Waals surface area contributed by atoms with Crippen molar-refractivity contribution in [2.45, 2.75) is 13.0 Å². The summed E-state index contributed by atoms with van der Waals surface area (Å²) in [6.07, 6.45) is 1.63. The van der Waals surface area contributed by atoms with Gasteiger partial charge in [0, 0.05) is 5.69 Å². The third-order valence-corrected chi connectivity index (χ3v) is 3.71. The average Bonchev–Trinajstić information content (AvgIpc) is 2.62. The van der Waals surface area contributed by atoms with Gasteiger partial charge in [0.1, 0.15) is 6.04 Å². The van der Waals surface area contributed by atoms with Crippen LogP contribution in [0.3, 0.4) is 0 Å². The maximum Gasteiger partial charge on any atom is 0.262 e. The van der Waals surface area contributed by atoms with Crippen molar-refractivity contribution in [2.75, 3.05) is 5.32 Å². The molecule has 0 saturated carbocycles. The number of benzene rings is 3. The minimum atomic E-state index is -0.390. The Morgan fingerprint density at radius 1 is 0.958 bits per heavy atom. The molecule has 3 aromatic carbocycles.